The van der Waals surface area contributed by atoms with Crippen LogP contribution in [0, 0.1) is 18.3 Å². The average molecular weight is 165 g/mol. The standard InChI is InChI=1S/C8H7NO3/c1-5-6(4-9)3-7(12-5)8(10)11-2/h3H,1-2H3. The largest absolute Gasteiger partial charge is 0.463 e. The third-order valence-electron chi connectivity index (χ3n) is 1.42. The van der Waals surface area contributed by atoms with Crippen molar-refractivity contribution in [1.29, 1.82) is 5.26 Å². The molecule has 0 aromatic carbocycles. The molecule has 1 aromatic rings. The normalized spacial score (nSPS) is 9.08. The molecular formula is C8H7NO3. The van der Waals surface area contributed by atoms with Gasteiger partial charge in [0.25, 0.3) is 0 Å². The molecule has 0 saturated carbocycles. The van der Waals surface area contributed by atoms with E-state index in [2.05, 4.69) is 4.74 Å². The number of hydrogen-bond acceptors (Lipinski definition) is 4. The monoisotopic (exact) mass is 165 g/mol. The van der Waals surface area contributed by atoms with Crippen LogP contribution in [-0.2, 0) is 4.74 Å². The first-order valence-corrected chi connectivity index (χ1v) is 3.28. The van der Waals surface area contributed by atoms with Crippen LogP contribution in [0.4, 0.5) is 0 Å². The van der Waals surface area contributed by atoms with E-state index in [4.69, 9.17) is 9.68 Å². The maximum absolute atomic E-state index is 10.9. The number of rotatable bonds is 1. The number of aryl methyl sites for hydroxylation is 1. The molecule has 0 amide bonds. The van der Waals surface area contributed by atoms with Crippen molar-refractivity contribution < 1.29 is 13.9 Å². The van der Waals surface area contributed by atoms with Gasteiger partial charge in [-0.05, 0) is 6.92 Å². The Balaban J connectivity index is 3.07. The molecule has 0 spiro atoms. The molecule has 4 heteroatoms. The Morgan fingerprint density at radius 1 is 1.75 bits per heavy atom. The summed E-state index contributed by atoms with van der Waals surface area (Å²) in [6.45, 7) is 1.62. The number of furan rings is 1. The Labute approximate surface area is 69.4 Å². The summed E-state index contributed by atoms with van der Waals surface area (Å²) in [5.41, 5.74) is 0.357. The predicted octanol–water partition coefficient (Wildman–Crippen LogP) is 1.25. The molecule has 0 aliphatic carbocycles. The van der Waals surface area contributed by atoms with E-state index in [1.54, 1.807) is 6.92 Å². The first kappa shape index (κ1) is 8.34. The first-order chi connectivity index (χ1) is 5.69. The highest BCUT2D eigenvalue weighted by Crippen LogP contribution is 2.13. The minimum Gasteiger partial charge on any atom is -0.463 e. The topological polar surface area (TPSA) is 63.2 Å². The molecule has 1 heterocycles. The van der Waals surface area contributed by atoms with Gasteiger partial charge in [-0.3, -0.25) is 0 Å². The van der Waals surface area contributed by atoms with Crippen molar-refractivity contribution >= 4 is 5.97 Å². The number of hydrogen-bond donors (Lipinski definition) is 0. The minimum atomic E-state index is -0.570. The molecular weight excluding hydrogens is 158 g/mol. The van der Waals surface area contributed by atoms with Crippen LogP contribution >= 0.6 is 0 Å². The van der Waals surface area contributed by atoms with Gasteiger partial charge in [-0.2, -0.15) is 5.26 Å². The van der Waals surface area contributed by atoms with E-state index in [-0.39, 0.29) is 5.76 Å². The molecule has 62 valence electrons. The van der Waals surface area contributed by atoms with Crippen LogP contribution in [-0.4, -0.2) is 13.1 Å². The fourth-order valence-electron chi connectivity index (χ4n) is 0.794. The lowest BCUT2D eigenvalue weighted by Gasteiger charge is -1.90. The van der Waals surface area contributed by atoms with Crippen LogP contribution in [0.2, 0.25) is 0 Å². The van der Waals surface area contributed by atoms with Crippen LogP contribution in [0.5, 0.6) is 0 Å². The highest BCUT2D eigenvalue weighted by molar-refractivity contribution is 5.86. The molecule has 0 aliphatic heterocycles. The van der Waals surface area contributed by atoms with Gasteiger partial charge in [0.2, 0.25) is 5.76 Å². The number of carbonyl (C=O) groups excluding carboxylic acids is 1. The molecule has 0 aliphatic rings. The molecule has 0 radical (unpaired) electrons. The van der Waals surface area contributed by atoms with Gasteiger partial charge < -0.3 is 9.15 Å². The number of methoxy groups -OCH3 is 1. The first-order valence-electron chi connectivity index (χ1n) is 3.28. The number of nitrogens with zero attached hydrogens (tertiary/aromatic N) is 1. The summed E-state index contributed by atoms with van der Waals surface area (Å²) < 4.78 is 9.37. The highest BCUT2D eigenvalue weighted by Gasteiger charge is 2.13. The lowest BCUT2D eigenvalue weighted by molar-refractivity contribution is 0.0563. The van der Waals surface area contributed by atoms with Crippen LogP contribution in [0.15, 0.2) is 10.5 Å². The Bertz CT molecular complexity index is 346. The van der Waals surface area contributed by atoms with E-state index in [1.165, 1.54) is 13.2 Å². The van der Waals surface area contributed by atoms with Crippen LogP contribution < -0.4 is 0 Å². The lowest BCUT2D eigenvalue weighted by Crippen LogP contribution is -1.98. The molecule has 0 saturated heterocycles. The summed E-state index contributed by atoms with van der Waals surface area (Å²) in [4.78, 5) is 10.9. The van der Waals surface area contributed by atoms with Gasteiger partial charge in [0, 0.05) is 6.07 Å². The molecule has 0 fully saturated rings. The second-order valence-electron chi connectivity index (χ2n) is 2.18. The maximum Gasteiger partial charge on any atom is 0.373 e. The third-order valence-corrected chi connectivity index (χ3v) is 1.42. The van der Waals surface area contributed by atoms with Gasteiger partial charge in [0.1, 0.15) is 11.8 Å². The average Bonchev–Trinajstić information content (AvgIpc) is 2.45. The van der Waals surface area contributed by atoms with Gasteiger partial charge in [0.15, 0.2) is 0 Å². The Hall–Kier alpha value is -1.76. The number of nitriles is 1. The maximum atomic E-state index is 10.9. The summed E-state index contributed by atoms with van der Waals surface area (Å²) >= 11 is 0. The quantitative estimate of drug-likeness (QED) is 0.587. The molecule has 12 heavy (non-hydrogen) atoms. The summed E-state index contributed by atoms with van der Waals surface area (Å²) in [5.74, 6) is -0.0796. The fraction of sp³-hybridized carbons (Fsp3) is 0.250. The van der Waals surface area contributed by atoms with Crippen LogP contribution in [0.25, 0.3) is 0 Å². The summed E-state index contributed by atoms with van der Waals surface area (Å²) in [6, 6.07) is 3.26. The number of ether oxygens (including phenoxy) is 1. The zero-order valence-corrected chi connectivity index (χ0v) is 6.75. The van der Waals surface area contributed by atoms with E-state index < -0.39 is 5.97 Å². The predicted molar refractivity (Wildman–Crippen MR) is 39.5 cm³/mol. The van der Waals surface area contributed by atoms with Crippen molar-refractivity contribution in [3.8, 4) is 6.07 Å². The molecule has 0 unspecified atom stereocenters. The Morgan fingerprint density at radius 3 is 2.83 bits per heavy atom. The number of carbonyl (C=O) groups is 1. The molecule has 1 rings (SSSR count). The van der Waals surface area contributed by atoms with Gasteiger partial charge in [-0.25, -0.2) is 4.79 Å². The van der Waals surface area contributed by atoms with E-state index in [0.717, 1.165) is 0 Å². The summed E-state index contributed by atoms with van der Waals surface area (Å²) in [7, 11) is 1.26. The molecule has 0 bridgehead atoms. The van der Waals surface area contributed by atoms with Crippen molar-refractivity contribution in [2.24, 2.45) is 0 Å². The smallest absolute Gasteiger partial charge is 0.373 e. The van der Waals surface area contributed by atoms with Crippen molar-refractivity contribution in [3.63, 3.8) is 0 Å². The SMILES string of the molecule is COC(=O)c1cc(C#N)c(C)o1. The van der Waals surface area contributed by atoms with Gasteiger partial charge in [-0.1, -0.05) is 0 Å². The zero-order chi connectivity index (χ0) is 9.14. The van der Waals surface area contributed by atoms with E-state index in [1.807, 2.05) is 6.07 Å². The Kier molecular flexibility index (Phi) is 2.15. The van der Waals surface area contributed by atoms with E-state index >= 15 is 0 Å². The minimum absolute atomic E-state index is 0.0616. The zero-order valence-electron chi connectivity index (χ0n) is 6.75. The lowest BCUT2D eigenvalue weighted by atomic mass is 10.3. The highest BCUT2D eigenvalue weighted by atomic mass is 16.5. The van der Waals surface area contributed by atoms with Crippen molar-refractivity contribution in [3.05, 3.63) is 23.2 Å². The summed E-state index contributed by atoms with van der Waals surface area (Å²) in [5, 5.41) is 8.52. The molecule has 0 atom stereocenters. The van der Waals surface area contributed by atoms with E-state index in [9.17, 15) is 4.79 Å². The second kappa shape index (κ2) is 3.09. The van der Waals surface area contributed by atoms with Crippen molar-refractivity contribution in [2.75, 3.05) is 7.11 Å². The van der Waals surface area contributed by atoms with Gasteiger partial charge in [0.05, 0.1) is 12.7 Å². The molecule has 1 aromatic heterocycles. The van der Waals surface area contributed by atoms with Crippen molar-refractivity contribution in [2.45, 2.75) is 6.92 Å². The number of esters is 1. The van der Waals surface area contributed by atoms with Crippen molar-refractivity contribution in [1.82, 2.24) is 0 Å². The molecule has 4 nitrogen and oxygen atoms in total. The second-order valence-corrected chi connectivity index (χ2v) is 2.18. The van der Waals surface area contributed by atoms with E-state index in [0.29, 0.717) is 11.3 Å². The van der Waals surface area contributed by atoms with Crippen LogP contribution in [0.1, 0.15) is 21.9 Å². The van der Waals surface area contributed by atoms with Crippen LogP contribution in [0.3, 0.4) is 0 Å². The van der Waals surface area contributed by atoms with Gasteiger partial charge in [-0.15, -0.1) is 0 Å². The van der Waals surface area contributed by atoms with Gasteiger partial charge >= 0.3 is 5.97 Å². The Morgan fingerprint density at radius 2 is 2.42 bits per heavy atom. The molecule has 0 N–H and O–H groups in total. The summed E-state index contributed by atoms with van der Waals surface area (Å²) in [6.07, 6.45) is 0. The fourth-order valence-corrected chi connectivity index (χ4v) is 0.794. The third kappa shape index (κ3) is 1.30.